The Morgan fingerprint density at radius 3 is 3.00 bits per heavy atom. The molecule has 16 heavy (non-hydrogen) atoms. The number of amides is 1. The van der Waals surface area contributed by atoms with Crippen molar-refractivity contribution in [2.75, 3.05) is 24.3 Å². The smallest absolute Gasteiger partial charge is 0.414 e. The second kappa shape index (κ2) is 4.38. The van der Waals surface area contributed by atoms with E-state index in [0.29, 0.717) is 24.0 Å². The Hall–Kier alpha value is -1.78. The first-order chi connectivity index (χ1) is 7.72. The number of nitrogens with two attached hydrogens (primary N) is 1. The second-order valence-electron chi connectivity index (χ2n) is 3.93. The lowest BCUT2D eigenvalue weighted by Gasteiger charge is -2.21. The van der Waals surface area contributed by atoms with Gasteiger partial charge >= 0.3 is 6.09 Å². The minimum atomic E-state index is -0.383. The van der Waals surface area contributed by atoms with Crippen molar-refractivity contribution in [1.29, 1.82) is 0 Å². The number of nitrogens with zero attached hydrogens (tertiary/aromatic N) is 2. The number of carbonyl (C=O) groups excluding carboxylic acids is 1. The van der Waals surface area contributed by atoms with Crippen LogP contribution in [0.4, 0.5) is 16.3 Å². The molecule has 1 aliphatic rings. The van der Waals surface area contributed by atoms with E-state index in [0.717, 1.165) is 12.8 Å². The minimum Gasteiger partial charge on any atom is -0.452 e. The van der Waals surface area contributed by atoms with E-state index in [9.17, 15) is 4.79 Å². The lowest BCUT2D eigenvalue weighted by molar-refractivity contribution is 0.178. The number of nitrogen functional groups attached to an aromatic ring is 1. The van der Waals surface area contributed by atoms with Crippen LogP contribution in [0.3, 0.4) is 0 Å². The zero-order valence-corrected chi connectivity index (χ0v) is 9.22. The first kappa shape index (κ1) is 10.7. The van der Waals surface area contributed by atoms with Gasteiger partial charge in [-0.3, -0.25) is 4.90 Å². The standard InChI is InChI=1S/C11H15N3O2/c1-16-11(15)14(7-8-4-5-8)9-3-2-6-13-10(9)12/h2-3,6,8H,4-5,7H2,1H3,(H2,12,13). The molecule has 5 heteroatoms. The van der Waals surface area contributed by atoms with E-state index in [1.54, 1.807) is 23.2 Å². The summed E-state index contributed by atoms with van der Waals surface area (Å²) in [4.78, 5) is 17.2. The van der Waals surface area contributed by atoms with Crippen molar-refractivity contribution in [3.05, 3.63) is 18.3 Å². The van der Waals surface area contributed by atoms with Crippen molar-refractivity contribution in [2.45, 2.75) is 12.8 Å². The van der Waals surface area contributed by atoms with Gasteiger partial charge in [0.05, 0.1) is 12.8 Å². The molecule has 0 spiro atoms. The van der Waals surface area contributed by atoms with Crippen LogP contribution >= 0.6 is 0 Å². The van der Waals surface area contributed by atoms with Gasteiger partial charge in [0.25, 0.3) is 0 Å². The second-order valence-corrected chi connectivity index (χ2v) is 3.93. The van der Waals surface area contributed by atoms with Crippen molar-refractivity contribution in [1.82, 2.24) is 4.98 Å². The highest BCUT2D eigenvalue weighted by Crippen LogP contribution is 2.32. The molecule has 0 bridgehead atoms. The molecule has 0 radical (unpaired) electrons. The molecule has 1 aromatic heterocycles. The van der Waals surface area contributed by atoms with Crippen LogP contribution in [0.1, 0.15) is 12.8 Å². The van der Waals surface area contributed by atoms with E-state index in [2.05, 4.69) is 4.98 Å². The number of aromatic nitrogens is 1. The number of anilines is 2. The monoisotopic (exact) mass is 221 g/mol. The normalized spacial score (nSPS) is 14.6. The third-order valence-corrected chi connectivity index (χ3v) is 2.64. The molecule has 0 atom stereocenters. The number of hydrogen-bond donors (Lipinski definition) is 1. The molecule has 1 aromatic rings. The number of hydrogen-bond acceptors (Lipinski definition) is 4. The van der Waals surface area contributed by atoms with Crippen LogP contribution in [-0.4, -0.2) is 24.7 Å². The van der Waals surface area contributed by atoms with Crippen molar-refractivity contribution in [3.63, 3.8) is 0 Å². The van der Waals surface area contributed by atoms with Gasteiger partial charge in [-0.25, -0.2) is 9.78 Å². The molecular weight excluding hydrogens is 206 g/mol. The molecule has 1 saturated carbocycles. The number of rotatable bonds is 3. The lowest BCUT2D eigenvalue weighted by atomic mass is 10.3. The fraction of sp³-hybridized carbons (Fsp3) is 0.455. The van der Waals surface area contributed by atoms with Crippen LogP contribution < -0.4 is 10.6 Å². The van der Waals surface area contributed by atoms with Gasteiger partial charge in [-0.05, 0) is 30.9 Å². The van der Waals surface area contributed by atoms with Crippen LogP contribution in [0.2, 0.25) is 0 Å². The summed E-state index contributed by atoms with van der Waals surface area (Å²) in [5.41, 5.74) is 6.38. The Labute approximate surface area is 94.2 Å². The van der Waals surface area contributed by atoms with Gasteiger partial charge in [0.1, 0.15) is 5.82 Å². The molecule has 0 aliphatic heterocycles. The summed E-state index contributed by atoms with van der Waals surface area (Å²) in [6.45, 7) is 0.655. The molecule has 5 nitrogen and oxygen atoms in total. The average Bonchev–Trinajstić information content (AvgIpc) is 3.10. The fourth-order valence-corrected chi connectivity index (χ4v) is 1.58. The Morgan fingerprint density at radius 1 is 1.69 bits per heavy atom. The number of ether oxygens (including phenoxy) is 1. The van der Waals surface area contributed by atoms with Crippen molar-refractivity contribution >= 4 is 17.6 Å². The molecule has 1 amide bonds. The van der Waals surface area contributed by atoms with E-state index in [1.165, 1.54) is 7.11 Å². The Bertz CT molecular complexity index is 391. The maximum absolute atomic E-state index is 11.6. The first-order valence-corrected chi connectivity index (χ1v) is 5.28. The number of carbonyl (C=O) groups is 1. The van der Waals surface area contributed by atoms with E-state index >= 15 is 0 Å². The zero-order valence-electron chi connectivity index (χ0n) is 9.22. The summed E-state index contributed by atoms with van der Waals surface area (Å²) < 4.78 is 4.75. The van der Waals surface area contributed by atoms with E-state index in [-0.39, 0.29) is 6.09 Å². The summed E-state index contributed by atoms with van der Waals surface area (Å²) in [7, 11) is 1.37. The molecule has 2 rings (SSSR count). The van der Waals surface area contributed by atoms with Gasteiger partial charge < -0.3 is 10.5 Å². The minimum absolute atomic E-state index is 0.355. The Kier molecular flexibility index (Phi) is 2.94. The highest BCUT2D eigenvalue weighted by Gasteiger charge is 2.29. The molecule has 1 aliphatic carbocycles. The predicted molar refractivity (Wildman–Crippen MR) is 61.1 cm³/mol. The predicted octanol–water partition coefficient (Wildman–Crippen LogP) is 1.65. The van der Waals surface area contributed by atoms with Crippen LogP contribution in [0.25, 0.3) is 0 Å². The van der Waals surface area contributed by atoms with Gasteiger partial charge in [0, 0.05) is 12.7 Å². The largest absolute Gasteiger partial charge is 0.452 e. The topological polar surface area (TPSA) is 68.5 Å². The highest BCUT2D eigenvalue weighted by molar-refractivity contribution is 5.90. The van der Waals surface area contributed by atoms with Crippen LogP contribution in [0, 0.1) is 5.92 Å². The Balaban J connectivity index is 2.22. The van der Waals surface area contributed by atoms with Crippen LogP contribution in [0.15, 0.2) is 18.3 Å². The Morgan fingerprint density at radius 2 is 2.44 bits per heavy atom. The van der Waals surface area contributed by atoms with Crippen LogP contribution in [0.5, 0.6) is 0 Å². The van der Waals surface area contributed by atoms with Gasteiger partial charge in [0.15, 0.2) is 0 Å². The quantitative estimate of drug-likeness (QED) is 0.842. The van der Waals surface area contributed by atoms with Crippen LogP contribution in [-0.2, 0) is 4.74 Å². The zero-order chi connectivity index (χ0) is 11.5. The molecule has 86 valence electrons. The van der Waals surface area contributed by atoms with Crippen molar-refractivity contribution in [2.24, 2.45) is 5.92 Å². The first-order valence-electron chi connectivity index (χ1n) is 5.28. The van der Waals surface area contributed by atoms with Gasteiger partial charge in [-0.1, -0.05) is 0 Å². The van der Waals surface area contributed by atoms with Crippen molar-refractivity contribution in [3.8, 4) is 0 Å². The van der Waals surface area contributed by atoms with Gasteiger partial charge in [-0.15, -0.1) is 0 Å². The molecule has 0 aromatic carbocycles. The summed E-state index contributed by atoms with van der Waals surface area (Å²) in [6, 6.07) is 3.54. The molecule has 0 unspecified atom stereocenters. The molecule has 0 saturated heterocycles. The van der Waals surface area contributed by atoms with Gasteiger partial charge in [-0.2, -0.15) is 0 Å². The molecule has 1 heterocycles. The fourth-order valence-electron chi connectivity index (χ4n) is 1.58. The maximum atomic E-state index is 11.6. The summed E-state index contributed by atoms with van der Waals surface area (Å²) in [5, 5.41) is 0. The summed E-state index contributed by atoms with van der Waals surface area (Å²) >= 11 is 0. The number of pyridine rings is 1. The SMILES string of the molecule is COC(=O)N(CC1CC1)c1cccnc1N. The van der Waals surface area contributed by atoms with E-state index in [1.807, 2.05) is 0 Å². The molecule has 2 N–H and O–H groups in total. The molecular formula is C11H15N3O2. The highest BCUT2D eigenvalue weighted by atomic mass is 16.5. The summed E-state index contributed by atoms with van der Waals surface area (Å²) in [6.07, 6.45) is 3.54. The number of methoxy groups -OCH3 is 1. The lowest BCUT2D eigenvalue weighted by Crippen LogP contribution is -2.33. The van der Waals surface area contributed by atoms with E-state index < -0.39 is 0 Å². The average molecular weight is 221 g/mol. The molecule has 1 fully saturated rings. The third-order valence-electron chi connectivity index (χ3n) is 2.64. The van der Waals surface area contributed by atoms with E-state index in [4.69, 9.17) is 10.5 Å². The van der Waals surface area contributed by atoms with Gasteiger partial charge in [0.2, 0.25) is 0 Å². The third kappa shape index (κ3) is 2.24. The summed E-state index contributed by atoms with van der Waals surface area (Å²) in [5.74, 6) is 0.923. The van der Waals surface area contributed by atoms with Crippen molar-refractivity contribution < 1.29 is 9.53 Å². The maximum Gasteiger partial charge on any atom is 0.414 e.